The van der Waals surface area contributed by atoms with E-state index in [2.05, 4.69) is 33.2 Å². The number of amides is 1. The van der Waals surface area contributed by atoms with E-state index in [1.807, 2.05) is 17.6 Å². The summed E-state index contributed by atoms with van der Waals surface area (Å²) in [5.74, 6) is -0.183. The van der Waals surface area contributed by atoms with Gasteiger partial charge in [0.15, 0.2) is 0 Å². The number of anilines is 1. The van der Waals surface area contributed by atoms with Crippen molar-refractivity contribution in [2.45, 2.75) is 26.8 Å². The Kier molecular flexibility index (Phi) is 4.83. The van der Waals surface area contributed by atoms with Gasteiger partial charge in [-0.25, -0.2) is 4.98 Å². The standard InChI is InChI=1S/C14H15BrClN3O/c1-3-6-19-8-10(16)7-12(19)14(20)18-11-4-5-13(15)17-9(11)2/h4-5,7-8H,3,6H2,1-2H3,(H,18,20). The van der Waals surface area contributed by atoms with Crippen LogP contribution in [0.4, 0.5) is 5.69 Å². The molecule has 0 saturated carbocycles. The summed E-state index contributed by atoms with van der Waals surface area (Å²) in [5, 5.41) is 3.43. The van der Waals surface area contributed by atoms with Crippen LogP contribution in [0.15, 0.2) is 29.0 Å². The third-order valence-electron chi connectivity index (χ3n) is 2.86. The van der Waals surface area contributed by atoms with Crippen molar-refractivity contribution in [2.24, 2.45) is 0 Å². The molecule has 0 radical (unpaired) electrons. The van der Waals surface area contributed by atoms with E-state index in [1.165, 1.54) is 0 Å². The van der Waals surface area contributed by atoms with Gasteiger partial charge in [-0.15, -0.1) is 0 Å². The molecule has 0 unspecified atom stereocenters. The Morgan fingerprint density at radius 3 is 2.90 bits per heavy atom. The van der Waals surface area contributed by atoms with Gasteiger partial charge < -0.3 is 9.88 Å². The fourth-order valence-corrected chi connectivity index (χ4v) is 2.56. The van der Waals surface area contributed by atoms with E-state index in [0.29, 0.717) is 16.4 Å². The Hall–Kier alpha value is -1.33. The average molecular weight is 357 g/mol. The molecule has 0 aliphatic heterocycles. The Bertz CT molecular complexity index is 639. The fraction of sp³-hybridized carbons (Fsp3) is 0.286. The van der Waals surface area contributed by atoms with E-state index in [4.69, 9.17) is 11.6 Å². The molecule has 2 rings (SSSR count). The largest absolute Gasteiger partial charge is 0.342 e. The summed E-state index contributed by atoms with van der Waals surface area (Å²) >= 11 is 9.28. The van der Waals surface area contributed by atoms with Crippen LogP contribution in [0.25, 0.3) is 0 Å². The van der Waals surface area contributed by atoms with Gasteiger partial charge in [0.1, 0.15) is 10.3 Å². The highest BCUT2D eigenvalue weighted by molar-refractivity contribution is 9.10. The first-order chi connectivity index (χ1) is 9.51. The number of pyridine rings is 1. The van der Waals surface area contributed by atoms with Crippen LogP contribution in [-0.4, -0.2) is 15.5 Å². The van der Waals surface area contributed by atoms with E-state index in [1.54, 1.807) is 18.3 Å². The van der Waals surface area contributed by atoms with Crippen LogP contribution in [-0.2, 0) is 6.54 Å². The van der Waals surface area contributed by atoms with Crippen molar-refractivity contribution >= 4 is 39.1 Å². The van der Waals surface area contributed by atoms with E-state index in [0.717, 1.165) is 23.3 Å². The van der Waals surface area contributed by atoms with Crippen LogP contribution in [0, 0.1) is 6.92 Å². The molecule has 1 amide bonds. The first-order valence-electron chi connectivity index (χ1n) is 6.31. The van der Waals surface area contributed by atoms with E-state index in [9.17, 15) is 4.79 Å². The minimum Gasteiger partial charge on any atom is -0.342 e. The Balaban J connectivity index is 2.23. The Labute approximate surface area is 131 Å². The van der Waals surface area contributed by atoms with Gasteiger partial charge in [-0.2, -0.15) is 0 Å². The van der Waals surface area contributed by atoms with Crippen LogP contribution in [0.1, 0.15) is 29.5 Å². The molecule has 0 fully saturated rings. The van der Waals surface area contributed by atoms with Crippen molar-refractivity contribution in [3.8, 4) is 0 Å². The highest BCUT2D eigenvalue weighted by Gasteiger charge is 2.14. The molecule has 0 aliphatic carbocycles. The number of halogens is 2. The number of aryl methyl sites for hydroxylation is 2. The molecule has 4 nitrogen and oxygen atoms in total. The molecule has 0 aromatic carbocycles. The van der Waals surface area contributed by atoms with Gasteiger partial charge in [-0.1, -0.05) is 18.5 Å². The van der Waals surface area contributed by atoms with Crippen molar-refractivity contribution < 1.29 is 4.79 Å². The molecule has 0 aliphatic rings. The highest BCUT2D eigenvalue weighted by Crippen LogP contribution is 2.19. The molecule has 0 bridgehead atoms. The van der Waals surface area contributed by atoms with E-state index < -0.39 is 0 Å². The number of aromatic nitrogens is 2. The van der Waals surface area contributed by atoms with Crippen molar-refractivity contribution in [1.82, 2.24) is 9.55 Å². The quantitative estimate of drug-likeness (QED) is 0.832. The van der Waals surface area contributed by atoms with Crippen molar-refractivity contribution in [2.75, 3.05) is 5.32 Å². The number of hydrogen-bond donors (Lipinski definition) is 1. The minimum atomic E-state index is -0.183. The van der Waals surface area contributed by atoms with Crippen LogP contribution in [0.5, 0.6) is 0 Å². The van der Waals surface area contributed by atoms with Crippen LogP contribution >= 0.6 is 27.5 Å². The zero-order valence-electron chi connectivity index (χ0n) is 11.3. The summed E-state index contributed by atoms with van der Waals surface area (Å²) in [6.45, 7) is 4.66. The molecule has 0 atom stereocenters. The molecule has 6 heteroatoms. The minimum absolute atomic E-state index is 0.183. The van der Waals surface area contributed by atoms with Gasteiger partial charge in [0.05, 0.1) is 16.4 Å². The summed E-state index contributed by atoms with van der Waals surface area (Å²) in [7, 11) is 0. The maximum atomic E-state index is 12.3. The van der Waals surface area contributed by atoms with E-state index in [-0.39, 0.29) is 5.91 Å². The fourth-order valence-electron chi connectivity index (χ4n) is 1.94. The van der Waals surface area contributed by atoms with Crippen LogP contribution in [0.2, 0.25) is 5.02 Å². The van der Waals surface area contributed by atoms with Crippen LogP contribution < -0.4 is 5.32 Å². The third kappa shape index (κ3) is 3.41. The normalized spacial score (nSPS) is 10.6. The SMILES string of the molecule is CCCn1cc(Cl)cc1C(=O)Nc1ccc(Br)nc1C. The zero-order valence-corrected chi connectivity index (χ0v) is 13.6. The van der Waals surface area contributed by atoms with Crippen molar-refractivity contribution in [3.63, 3.8) is 0 Å². The summed E-state index contributed by atoms with van der Waals surface area (Å²) < 4.78 is 2.60. The zero-order chi connectivity index (χ0) is 14.7. The molecule has 2 aromatic heterocycles. The number of nitrogens with one attached hydrogen (secondary N) is 1. The molecule has 0 saturated heterocycles. The van der Waals surface area contributed by atoms with Crippen molar-refractivity contribution in [1.29, 1.82) is 0 Å². The summed E-state index contributed by atoms with van der Waals surface area (Å²) in [5.41, 5.74) is 2.00. The lowest BCUT2D eigenvalue weighted by molar-refractivity contribution is 0.101. The lowest BCUT2D eigenvalue weighted by Crippen LogP contribution is -2.17. The lowest BCUT2D eigenvalue weighted by Gasteiger charge is -2.10. The Morgan fingerprint density at radius 1 is 1.50 bits per heavy atom. The number of rotatable bonds is 4. The molecule has 1 N–H and O–H groups in total. The second-order valence-corrected chi connectivity index (χ2v) is 5.71. The van der Waals surface area contributed by atoms with Gasteiger partial charge in [-0.3, -0.25) is 4.79 Å². The molecule has 106 valence electrons. The molecule has 2 heterocycles. The van der Waals surface area contributed by atoms with E-state index >= 15 is 0 Å². The molecular formula is C14H15BrClN3O. The highest BCUT2D eigenvalue weighted by atomic mass is 79.9. The molecule has 2 aromatic rings. The van der Waals surface area contributed by atoms with Gasteiger partial charge in [0.25, 0.3) is 5.91 Å². The number of hydrogen-bond acceptors (Lipinski definition) is 2. The predicted molar refractivity (Wildman–Crippen MR) is 84.4 cm³/mol. The topological polar surface area (TPSA) is 46.9 Å². The maximum Gasteiger partial charge on any atom is 0.272 e. The molecule has 0 spiro atoms. The lowest BCUT2D eigenvalue weighted by atomic mass is 10.3. The van der Waals surface area contributed by atoms with Gasteiger partial charge in [0, 0.05) is 12.7 Å². The predicted octanol–water partition coefficient (Wildman–Crippen LogP) is 4.27. The van der Waals surface area contributed by atoms with Crippen LogP contribution in [0.3, 0.4) is 0 Å². The number of nitrogens with zero attached hydrogens (tertiary/aromatic N) is 2. The second kappa shape index (κ2) is 6.41. The Morgan fingerprint density at radius 2 is 2.25 bits per heavy atom. The monoisotopic (exact) mass is 355 g/mol. The smallest absolute Gasteiger partial charge is 0.272 e. The average Bonchev–Trinajstić information content (AvgIpc) is 2.74. The molecule has 20 heavy (non-hydrogen) atoms. The maximum absolute atomic E-state index is 12.3. The third-order valence-corrected chi connectivity index (χ3v) is 3.51. The summed E-state index contributed by atoms with van der Waals surface area (Å²) in [6, 6.07) is 5.29. The first kappa shape index (κ1) is 15.1. The second-order valence-electron chi connectivity index (χ2n) is 4.46. The van der Waals surface area contributed by atoms with Gasteiger partial charge in [0.2, 0.25) is 0 Å². The first-order valence-corrected chi connectivity index (χ1v) is 7.48. The molecular weight excluding hydrogens is 342 g/mol. The number of carbonyl (C=O) groups is 1. The summed E-state index contributed by atoms with van der Waals surface area (Å²) in [6.07, 6.45) is 2.71. The van der Waals surface area contributed by atoms with Gasteiger partial charge >= 0.3 is 0 Å². The summed E-state index contributed by atoms with van der Waals surface area (Å²) in [4.78, 5) is 16.6. The van der Waals surface area contributed by atoms with Crippen molar-refractivity contribution in [3.05, 3.63) is 45.4 Å². The van der Waals surface area contributed by atoms with Gasteiger partial charge in [-0.05, 0) is 47.5 Å². The number of carbonyl (C=O) groups excluding carboxylic acids is 1.